The Hall–Kier alpha value is -1.11. The topological polar surface area (TPSA) is 78.4 Å². The van der Waals surface area contributed by atoms with Crippen LogP contribution in [0.5, 0.6) is 0 Å². The van der Waals surface area contributed by atoms with Gasteiger partial charge in [0.15, 0.2) is 11.7 Å². The molecule has 156 valence electrons. The third-order valence-electron chi connectivity index (χ3n) is 3.17. The summed E-state index contributed by atoms with van der Waals surface area (Å²) in [6, 6.07) is 0. The number of halogens is 4. The maximum Gasteiger partial charge on any atom is 0.434 e. The predicted octanol–water partition coefficient (Wildman–Crippen LogP) is 3.04. The summed E-state index contributed by atoms with van der Waals surface area (Å²) in [6.07, 6.45) is -4.08. The number of nitrogens with one attached hydrogen (secondary N) is 3. The van der Waals surface area contributed by atoms with Crippen molar-refractivity contribution in [2.45, 2.75) is 40.3 Å². The molecule has 0 aliphatic rings. The van der Waals surface area contributed by atoms with Gasteiger partial charge in [-0.1, -0.05) is 20.8 Å². The third kappa shape index (κ3) is 10.1. The number of aromatic nitrogens is 1. The standard InChI is InChI=1S/C16H26F3N5OS.HI/c1-5-20-14(23-9-8-21-13(25)15(2,3)4)22-7-6-12-24-11(10-26-12)16(17,18)19;/h10H,5-9H2,1-4H3,(H,21,25)(H2,20,22,23);1H. The van der Waals surface area contributed by atoms with Crippen LogP contribution < -0.4 is 16.0 Å². The van der Waals surface area contributed by atoms with Crippen molar-refractivity contribution in [1.29, 1.82) is 0 Å². The van der Waals surface area contributed by atoms with E-state index in [1.807, 2.05) is 27.7 Å². The average molecular weight is 521 g/mol. The van der Waals surface area contributed by atoms with E-state index in [-0.39, 0.29) is 29.9 Å². The van der Waals surface area contributed by atoms with Gasteiger partial charge >= 0.3 is 6.18 Å². The van der Waals surface area contributed by atoms with Gasteiger partial charge < -0.3 is 16.0 Å². The van der Waals surface area contributed by atoms with E-state index in [9.17, 15) is 18.0 Å². The number of amides is 1. The number of alkyl halides is 3. The lowest BCUT2D eigenvalue weighted by Gasteiger charge is -2.18. The van der Waals surface area contributed by atoms with Crippen LogP contribution in [0.25, 0.3) is 0 Å². The van der Waals surface area contributed by atoms with Crippen molar-refractivity contribution >= 4 is 47.2 Å². The van der Waals surface area contributed by atoms with Crippen molar-refractivity contribution in [3.05, 3.63) is 16.1 Å². The minimum atomic E-state index is -4.41. The van der Waals surface area contributed by atoms with Crippen LogP contribution >= 0.6 is 35.3 Å². The maximum atomic E-state index is 12.5. The lowest BCUT2D eigenvalue weighted by Crippen LogP contribution is -2.43. The zero-order chi connectivity index (χ0) is 19.8. The van der Waals surface area contributed by atoms with E-state index in [0.29, 0.717) is 43.6 Å². The Bertz CT molecular complexity index is 614. The van der Waals surface area contributed by atoms with Gasteiger partial charge in [-0.05, 0) is 6.92 Å². The molecular formula is C16H27F3IN5OS. The molecule has 0 unspecified atom stereocenters. The van der Waals surface area contributed by atoms with E-state index >= 15 is 0 Å². The zero-order valence-corrected chi connectivity index (χ0v) is 19.0. The lowest BCUT2D eigenvalue weighted by molar-refractivity contribution is -0.140. The van der Waals surface area contributed by atoms with Gasteiger partial charge in [-0.25, -0.2) is 4.98 Å². The van der Waals surface area contributed by atoms with Gasteiger partial charge in [0.1, 0.15) is 0 Å². The highest BCUT2D eigenvalue weighted by molar-refractivity contribution is 14.0. The molecule has 0 aromatic carbocycles. The number of thiazole rings is 1. The molecule has 0 spiro atoms. The summed E-state index contributed by atoms with van der Waals surface area (Å²) < 4.78 is 37.6. The fraction of sp³-hybridized carbons (Fsp3) is 0.688. The Morgan fingerprint density at radius 2 is 1.81 bits per heavy atom. The lowest BCUT2D eigenvalue weighted by atomic mass is 9.96. The summed E-state index contributed by atoms with van der Waals surface area (Å²) in [6.45, 7) is 9.32. The molecule has 0 aliphatic heterocycles. The number of aliphatic imine (C=N–C) groups is 1. The highest BCUT2D eigenvalue weighted by Gasteiger charge is 2.33. The molecule has 1 heterocycles. The summed E-state index contributed by atoms with van der Waals surface area (Å²) in [7, 11) is 0. The number of carbonyl (C=O) groups is 1. The fourth-order valence-electron chi connectivity index (χ4n) is 1.78. The first-order valence-electron chi connectivity index (χ1n) is 8.36. The Balaban J connectivity index is 0.00000676. The molecule has 0 atom stereocenters. The van der Waals surface area contributed by atoms with Crippen molar-refractivity contribution in [2.24, 2.45) is 10.4 Å². The summed E-state index contributed by atoms with van der Waals surface area (Å²) in [5.74, 6) is 0.510. The van der Waals surface area contributed by atoms with Gasteiger partial charge in [-0.2, -0.15) is 13.2 Å². The largest absolute Gasteiger partial charge is 0.434 e. The first-order valence-corrected chi connectivity index (χ1v) is 9.24. The van der Waals surface area contributed by atoms with Crippen molar-refractivity contribution in [2.75, 3.05) is 26.2 Å². The summed E-state index contributed by atoms with van der Waals surface area (Å²) in [5, 5.41) is 10.3. The van der Waals surface area contributed by atoms with E-state index in [4.69, 9.17) is 0 Å². The molecule has 1 amide bonds. The molecule has 0 fully saturated rings. The number of guanidine groups is 1. The van der Waals surface area contributed by atoms with E-state index in [0.717, 1.165) is 16.7 Å². The zero-order valence-electron chi connectivity index (χ0n) is 15.9. The van der Waals surface area contributed by atoms with E-state index in [1.165, 1.54) is 0 Å². The van der Waals surface area contributed by atoms with E-state index in [1.54, 1.807) is 0 Å². The van der Waals surface area contributed by atoms with Crippen LogP contribution in [0.4, 0.5) is 13.2 Å². The third-order valence-corrected chi connectivity index (χ3v) is 4.07. The molecule has 0 saturated carbocycles. The van der Waals surface area contributed by atoms with Crippen LogP contribution in [-0.2, 0) is 17.4 Å². The highest BCUT2D eigenvalue weighted by Crippen LogP contribution is 2.30. The normalized spacial score (nSPS) is 12.3. The molecule has 27 heavy (non-hydrogen) atoms. The predicted molar refractivity (Wildman–Crippen MR) is 113 cm³/mol. The number of rotatable bonds is 7. The second kappa shape index (κ2) is 11.7. The fourth-order valence-corrected chi connectivity index (χ4v) is 2.58. The molecule has 11 heteroatoms. The molecular weight excluding hydrogens is 494 g/mol. The number of carbonyl (C=O) groups excluding carboxylic acids is 1. The van der Waals surface area contributed by atoms with Gasteiger partial charge in [0.05, 0.1) is 5.01 Å². The molecule has 0 aliphatic carbocycles. The minimum absolute atomic E-state index is 0. The minimum Gasteiger partial charge on any atom is -0.357 e. The Labute approximate surface area is 178 Å². The molecule has 6 nitrogen and oxygen atoms in total. The van der Waals surface area contributed by atoms with Crippen molar-refractivity contribution in [1.82, 2.24) is 20.9 Å². The molecule has 1 rings (SSSR count). The van der Waals surface area contributed by atoms with Crippen LogP contribution in [0.3, 0.4) is 0 Å². The van der Waals surface area contributed by atoms with Gasteiger partial charge in [-0.3, -0.25) is 9.79 Å². The Morgan fingerprint density at radius 3 is 2.33 bits per heavy atom. The quantitative estimate of drug-likeness (QED) is 0.223. The molecule has 0 saturated heterocycles. The molecule has 1 aromatic heterocycles. The van der Waals surface area contributed by atoms with Gasteiger partial charge in [0.25, 0.3) is 0 Å². The first-order chi connectivity index (χ1) is 12.0. The second-order valence-electron chi connectivity index (χ2n) is 6.57. The van der Waals surface area contributed by atoms with Crippen LogP contribution in [0, 0.1) is 5.41 Å². The van der Waals surface area contributed by atoms with Gasteiger partial charge in [0, 0.05) is 43.4 Å². The van der Waals surface area contributed by atoms with Crippen LogP contribution in [0.2, 0.25) is 0 Å². The first kappa shape index (κ1) is 25.9. The van der Waals surface area contributed by atoms with Crippen molar-refractivity contribution < 1.29 is 18.0 Å². The molecule has 1 aromatic rings. The monoisotopic (exact) mass is 521 g/mol. The van der Waals surface area contributed by atoms with Crippen LogP contribution in [0.15, 0.2) is 10.4 Å². The van der Waals surface area contributed by atoms with Crippen molar-refractivity contribution in [3.8, 4) is 0 Å². The average Bonchev–Trinajstić information content (AvgIpc) is 2.99. The molecule has 0 radical (unpaired) electrons. The molecule has 0 bridgehead atoms. The Morgan fingerprint density at radius 1 is 1.19 bits per heavy atom. The number of hydrogen-bond donors (Lipinski definition) is 3. The Kier molecular flexibility index (Phi) is 11.2. The van der Waals surface area contributed by atoms with Crippen molar-refractivity contribution in [3.63, 3.8) is 0 Å². The summed E-state index contributed by atoms with van der Waals surface area (Å²) in [4.78, 5) is 19.7. The van der Waals surface area contributed by atoms with Gasteiger partial charge in [0.2, 0.25) is 5.91 Å². The summed E-state index contributed by atoms with van der Waals surface area (Å²) in [5.41, 5.74) is -1.30. The van der Waals surface area contributed by atoms with E-state index in [2.05, 4.69) is 25.9 Å². The van der Waals surface area contributed by atoms with Crippen LogP contribution in [-0.4, -0.2) is 43.0 Å². The summed E-state index contributed by atoms with van der Waals surface area (Å²) >= 11 is 0.980. The molecule has 3 N–H and O–H groups in total. The highest BCUT2D eigenvalue weighted by atomic mass is 127. The maximum absolute atomic E-state index is 12.5. The van der Waals surface area contributed by atoms with Crippen LogP contribution in [0.1, 0.15) is 38.4 Å². The second-order valence-corrected chi connectivity index (χ2v) is 7.51. The number of nitrogens with zero attached hydrogens (tertiary/aromatic N) is 2. The van der Waals surface area contributed by atoms with E-state index < -0.39 is 17.3 Å². The van der Waals surface area contributed by atoms with Gasteiger partial charge in [-0.15, -0.1) is 35.3 Å². The number of hydrogen-bond acceptors (Lipinski definition) is 4. The smallest absolute Gasteiger partial charge is 0.357 e. The SMILES string of the molecule is CCNC(=NCCc1nc(C(F)(F)F)cs1)NCCNC(=O)C(C)(C)C.I.